The van der Waals surface area contributed by atoms with Crippen LogP contribution in [0.2, 0.25) is 0 Å². The number of nitrogens with one attached hydrogen (secondary N) is 1. The maximum Gasteiger partial charge on any atom is 0.279 e. The Kier molecular flexibility index (Phi) is 3.66. The zero-order valence-electron chi connectivity index (χ0n) is 12.7. The van der Waals surface area contributed by atoms with E-state index >= 15 is 0 Å². The van der Waals surface area contributed by atoms with E-state index in [1.807, 2.05) is 23.6 Å². The molecule has 24 heavy (non-hydrogen) atoms. The third-order valence-corrected chi connectivity index (χ3v) is 4.18. The maximum absolute atomic E-state index is 12.1. The molecule has 0 aliphatic carbocycles. The number of carbonyl (C=O) groups is 1. The zero-order chi connectivity index (χ0) is 16.5. The van der Waals surface area contributed by atoms with Crippen molar-refractivity contribution in [2.45, 2.75) is 6.92 Å². The number of fused-ring (bicyclic) bond motifs is 1. The van der Waals surface area contributed by atoms with Crippen molar-refractivity contribution in [2.75, 3.05) is 18.5 Å². The van der Waals surface area contributed by atoms with E-state index < -0.39 is 0 Å². The van der Waals surface area contributed by atoms with E-state index in [2.05, 4.69) is 15.5 Å². The van der Waals surface area contributed by atoms with Crippen molar-refractivity contribution in [3.05, 3.63) is 41.1 Å². The molecular weight excluding hydrogens is 330 g/mol. The molecule has 0 saturated heterocycles. The van der Waals surface area contributed by atoms with E-state index in [4.69, 9.17) is 14.0 Å². The van der Waals surface area contributed by atoms with Crippen LogP contribution in [0.4, 0.5) is 5.13 Å². The molecule has 1 aliphatic rings. The number of aryl methyl sites for hydroxylation is 1. The first-order chi connectivity index (χ1) is 11.7. The predicted molar refractivity (Wildman–Crippen MR) is 87.7 cm³/mol. The molecule has 1 N–H and O–H groups in total. The van der Waals surface area contributed by atoms with Gasteiger partial charge in [-0.2, -0.15) is 0 Å². The van der Waals surface area contributed by atoms with Crippen LogP contribution in [0.25, 0.3) is 11.3 Å². The van der Waals surface area contributed by atoms with E-state index in [1.54, 1.807) is 13.0 Å². The molecule has 8 heteroatoms. The predicted octanol–water partition coefficient (Wildman–Crippen LogP) is 3.13. The van der Waals surface area contributed by atoms with E-state index in [0.29, 0.717) is 29.9 Å². The van der Waals surface area contributed by atoms with Gasteiger partial charge in [0, 0.05) is 17.0 Å². The van der Waals surface area contributed by atoms with Gasteiger partial charge < -0.3 is 14.0 Å². The molecule has 3 heterocycles. The summed E-state index contributed by atoms with van der Waals surface area (Å²) in [6.07, 6.45) is 0. The molecule has 1 aromatic carbocycles. The summed E-state index contributed by atoms with van der Waals surface area (Å²) in [6.45, 7) is 2.82. The number of rotatable bonds is 3. The lowest BCUT2D eigenvalue weighted by Crippen LogP contribution is -2.15. The van der Waals surface area contributed by atoms with Crippen molar-refractivity contribution < 1.29 is 18.8 Å². The summed E-state index contributed by atoms with van der Waals surface area (Å²) < 4.78 is 16.0. The molecular formula is C16H13N3O4S. The first-order valence-electron chi connectivity index (χ1n) is 7.29. The Morgan fingerprint density at radius 2 is 2.04 bits per heavy atom. The Labute approximate surface area is 141 Å². The van der Waals surface area contributed by atoms with Gasteiger partial charge in [0.15, 0.2) is 22.3 Å². The minimum Gasteiger partial charge on any atom is -0.486 e. The number of amides is 1. The lowest BCUT2D eigenvalue weighted by Gasteiger charge is -2.18. The fourth-order valence-corrected chi connectivity index (χ4v) is 3.02. The molecule has 0 bridgehead atoms. The highest BCUT2D eigenvalue weighted by Gasteiger charge is 2.16. The number of thiazole rings is 1. The standard InChI is InChI=1S/C16H13N3O4S/c1-9-6-11(19-23-9)15(20)18-16-17-12(8-24-16)10-2-3-13-14(7-10)22-5-4-21-13/h2-3,6-8H,4-5H2,1H3,(H,17,18,20). The lowest BCUT2D eigenvalue weighted by atomic mass is 10.1. The van der Waals surface area contributed by atoms with Gasteiger partial charge in [0.1, 0.15) is 19.0 Å². The Bertz CT molecular complexity index is 902. The van der Waals surface area contributed by atoms with Crippen LogP contribution in [-0.4, -0.2) is 29.3 Å². The molecule has 3 aromatic rings. The third-order valence-electron chi connectivity index (χ3n) is 3.42. The largest absolute Gasteiger partial charge is 0.486 e. The van der Waals surface area contributed by atoms with Crippen molar-refractivity contribution in [3.63, 3.8) is 0 Å². The second-order valence-corrected chi connectivity index (χ2v) is 6.03. The van der Waals surface area contributed by atoms with Gasteiger partial charge in [0.2, 0.25) is 0 Å². The topological polar surface area (TPSA) is 86.5 Å². The summed E-state index contributed by atoms with van der Waals surface area (Å²) in [5, 5.41) is 8.76. The van der Waals surface area contributed by atoms with Gasteiger partial charge in [-0.1, -0.05) is 5.16 Å². The molecule has 1 amide bonds. The van der Waals surface area contributed by atoms with Gasteiger partial charge in [0.25, 0.3) is 5.91 Å². The molecule has 2 aromatic heterocycles. The van der Waals surface area contributed by atoms with Gasteiger partial charge in [-0.25, -0.2) is 4.98 Å². The minimum absolute atomic E-state index is 0.226. The van der Waals surface area contributed by atoms with Gasteiger partial charge in [-0.3, -0.25) is 10.1 Å². The van der Waals surface area contributed by atoms with Gasteiger partial charge in [0.05, 0.1) is 5.69 Å². The monoisotopic (exact) mass is 343 g/mol. The Morgan fingerprint density at radius 1 is 1.21 bits per heavy atom. The molecule has 0 unspecified atom stereocenters. The summed E-state index contributed by atoms with van der Waals surface area (Å²) in [5.74, 6) is 1.66. The van der Waals surface area contributed by atoms with Crippen LogP contribution in [-0.2, 0) is 0 Å². The molecule has 1 aliphatic heterocycles. The van der Waals surface area contributed by atoms with Crippen LogP contribution in [0.5, 0.6) is 11.5 Å². The summed E-state index contributed by atoms with van der Waals surface area (Å²) in [6, 6.07) is 7.23. The maximum atomic E-state index is 12.1. The number of hydrogen-bond donors (Lipinski definition) is 1. The van der Waals surface area contributed by atoms with Crippen LogP contribution in [0.1, 0.15) is 16.2 Å². The highest BCUT2D eigenvalue weighted by atomic mass is 32.1. The Morgan fingerprint density at radius 3 is 2.83 bits per heavy atom. The van der Waals surface area contributed by atoms with Crippen LogP contribution >= 0.6 is 11.3 Å². The van der Waals surface area contributed by atoms with Crippen molar-refractivity contribution in [3.8, 4) is 22.8 Å². The van der Waals surface area contributed by atoms with Crippen molar-refractivity contribution in [1.82, 2.24) is 10.1 Å². The molecule has 0 radical (unpaired) electrons. The number of benzene rings is 1. The Balaban J connectivity index is 1.53. The second kappa shape index (κ2) is 5.97. The summed E-state index contributed by atoms with van der Waals surface area (Å²) in [5.41, 5.74) is 1.88. The number of carbonyl (C=O) groups excluding carboxylic acids is 1. The number of hydrogen-bond acceptors (Lipinski definition) is 7. The lowest BCUT2D eigenvalue weighted by molar-refractivity contribution is 0.101. The Hall–Kier alpha value is -2.87. The van der Waals surface area contributed by atoms with Crippen molar-refractivity contribution in [2.24, 2.45) is 0 Å². The average Bonchev–Trinajstić information content (AvgIpc) is 3.23. The van der Waals surface area contributed by atoms with Crippen molar-refractivity contribution in [1.29, 1.82) is 0 Å². The molecule has 4 rings (SSSR count). The summed E-state index contributed by atoms with van der Waals surface area (Å²) in [7, 11) is 0. The number of anilines is 1. The molecule has 0 saturated carbocycles. The number of aromatic nitrogens is 2. The van der Waals surface area contributed by atoms with Gasteiger partial charge >= 0.3 is 0 Å². The zero-order valence-corrected chi connectivity index (χ0v) is 13.6. The number of ether oxygens (including phenoxy) is 2. The van der Waals surface area contributed by atoms with Gasteiger partial charge in [-0.15, -0.1) is 11.3 Å². The normalized spacial score (nSPS) is 12.9. The molecule has 7 nitrogen and oxygen atoms in total. The van der Waals surface area contributed by atoms with Crippen LogP contribution in [0.15, 0.2) is 34.2 Å². The first-order valence-corrected chi connectivity index (χ1v) is 8.17. The quantitative estimate of drug-likeness (QED) is 0.786. The van der Waals surface area contributed by atoms with Crippen LogP contribution in [0.3, 0.4) is 0 Å². The van der Waals surface area contributed by atoms with Crippen molar-refractivity contribution >= 4 is 22.4 Å². The molecule has 0 spiro atoms. The molecule has 0 fully saturated rings. The van der Waals surface area contributed by atoms with Gasteiger partial charge in [-0.05, 0) is 25.1 Å². The van der Waals surface area contributed by atoms with E-state index in [-0.39, 0.29) is 11.6 Å². The fourth-order valence-electron chi connectivity index (χ4n) is 2.30. The van der Waals surface area contributed by atoms with Crippen LogP contribution < -0.4 is 14.8 Å². The minimum atomic E-state index is -0.352. The smallest absolute Gasteiger partial charge is 0.279 e. The number of nitrogens with zero attached hydrogens (tertiary/aromatic N) is 2. The fraction of sp³-hybridized carbons (Fsp3) is 0.188. The summed E-state index contributed by atoms with van der Waals surface area (Å²) >= 11 is 1.34. The molecule has 0 atom stereocenters. The van der Waals surface area contributed by atoms with E-state index in [1.165, 1.54) is 11.3 Å². The van der Waals surface area contributed by atoms with Crippen LogP contribution in [0, 0.1) is 6.92 Å². The molecule has 122 valence electrons. The van der Waals surface area contributed by atoms with E-state index in [0.717, 1.165) is 17.0 Å². The third kappa shape index (κ3) is 2.83. The first kappa shape index (κ1) is 14.7. The SMILES string of the molecule is Cc1cc(C(=O)Nc2nc(-c3ccc4c(c3)OCCO4)cs2)no1. The second-order valence-electron chi connectivity index (χ2n) is 5.17. The summed E-state index contributed by atoms with van der Waals surface area (Å²) in [4.78, 5) is 16.5. The highest BCUT2D eigenvalue weighted by Crippen LogP contribution is 2.35. The van der Waals surface area contributed by atoms with E-state index in [9.17, 15) is 4.79 Å². The average molecular weight is 343 g/mol. The highest BCUT2D eigenvalue weighted by molar-refractivity contribution is 7.14.